The summed E-state index contributed by atoms with van der Waals surface area (Å²) in [5.74, 6) is 0.0679. The number of nitrogens with zero attached hydrogens (tertiary/aromatic N) is 1. The average Bonchev–Trinajstić information content (AvgIpc) is 2.17. The van der Waals surface area contributed by atoms with Crippen LogP contribution in [-0.2, 0) is 0 Å². The fraction of sp³-hybridized carbons (Fsp3) is 0.0909. The second-order valence-corrected chi connectivity index (χ2v) is 2.58. The largest absolute Gasteiger partial charge is 0.192 e. The van der Waals surface area contributed by atoms with Crippen LogP contribution < -0.4 is 0 Å². The first-order valence-electron chi connectivity index (χ1n) is 3.73. The van der Waals surface area contributed by atoms with E-state index in [1.54, 1.807) is 12.1 Å². The van der Waals surface area contributed by atoms with Crippen molar-refractivity contribution in [2.24, 2.45) is 0 Å². The van der Waals surface area contributed by atoms with Crippen molar-refractivity contribution < 1.29 is 0 Å². The maximum Gasteiger partial charge on any atom is 0.0991 e. The van der Waals surface area contributed by atoms with Gasteiger partial charge < -0.3 is 0 Å². The number of allylic oxidation sites excluding steroid dienone is 1. The number of hydrogen-bond donors (Lipinski definition) is 0. The van der Waals surface area contributed by atoms with Gasteiger partial charge in [-0.05, 0) is 24.6 Å². The van der Waals surface area contributed by atoms with Crippen molar-refractivity contribution in [2.75, 3.05) is 0 Å². The van der Waals surface area contributed by atoms with E-state index in [0.29, 0.717) is 5.56 Å². The molecule has 0 amide bonds. The van der Waals surface area contributed by atoms with Gasteiger partial charge in [0.05, 0.1) is 11.6 Å². The summed E-state index contributed by atoms with van der Waals surface area (Å²) in [6.45, 7) is 7.52. The molecule has 1 aromatic rings. The molecule has 1 heteroatoms. The highest BCUT2D eigenvalue weighted by atomic mass is 14.2. The van der Waals surface area contributed by atoms with Gasteiger partial charge in [0.25, 0.3) is 0 Å². The monoisotopic (exact) mass is 156 g/mol. The molecule has 0 aliphatic carbocycles. The number of rotatable bonds is 2. The van der Waals surface area contributed by atoms with Crippen LogP contribution in [0.3, 0.4) is 0 Å². The molecule has 0 saturated carbocycles. The SMILES string of the molecule is [CH2]C(C=C)c1cccc(C#N)c1. The van der Waals surface area contributed by atoms with Gasteiger partial charge in [0.15, 0.2) is 0 Å². The van der Waals surface area contributed by atoms with Crippen LogP contribution in [0.25, 0.3) is 0 Å². The highest BCUT2D eigenvalue weighted by Gasteiger charge is 2.00. The summed E-state index contributed by atoms with van der Waals surface area (Å²) in [6, 6.07) is 9.50. The van der Waals surface area contributed by atoms with Gasteiger partial charge in [0, 0.05) is 5.92 Å². The Labute approximate surface area is 73.0 Å². The Bertz CT molecular complexity index is 320. The molecule has 59 valence electrons. The van der Waals surface area contributed by atoms with Crippen molar-refractivity contribution in [2.45, 2.75) is 5.92 Å². The lowest BCUT2D eigenvalue weighted by atomic mass is 10.00. The van der Waals surface area contributed by atoms with Crippen molar-refractivity contribution in [1.82, 2.24) is 0 Å². The predicted octanol–water partition coefficient (Wildman–Crippen LogP) is 2.66. The van der Waals surface area contributed by atoms with Crippen LogP contribution in [0.15, 0.2) is 36.9 Å². The summed E-state index contributed by atoms with van der Waals surface area (Å²) in [5.41, 5.74) is 1.70. The Morgan fingerprint density at radius 1 is 1.50 bits per heavy atom. The lowest BCUT2D eigenvalue weighted by Gasteiger charge is -2.04. The first-order chi connectivity index (χ1) is 5.77. The fourth-order valence-electron chi connectivity index (χ4n) is 0.975. The average molecular weight is 156 g/mol. The predicted molar refractivity (Wildman–Crippen MR) is 49.5 cm³/mol. The molecule has 12 heavy (non-hydrogen) atoms. The first-order valence-corrected chi connectivity index (χ1v) is 3.73. The fourth-order valence-corrected chi connectivity index (χ4v) is 0.975. The molecule has 1 nitrogen and oxygen atoms in total. The van der Waals surface area contributed by atoms with Crippen LogP contribution in [0.4, 0.5) is 0 Å². The lowest BCUT2D eigenvalue weighted by molar-refractivity contribution is 1.08. The lowest BCUT2D eigenvalue weighted by Crippen LogP contribution is -1.88. The molecule has 0 aliphatic rings. The molecule has 1 unspecified atom stereocenters. The Morgan fingerprint density at radius 2 is 2.25 bits per heavy atom. The highest BCUT2D eigenvalue weighted by molar-refractivity contribution is 5.36. The van der Waals surface area contributed by atoms with Crippen molar-refractivity contribution >= 4 is 0 Å². The van der Waals surface area contributed by atoms with Crippen LogP contribution in [0.1, 0.15) is 17.0 Å². The minimum atomic E-state index is 0.0679. The third-order valence-electron chi connectivity index (χ3n) is 1.73. The minimum absolute atomic E-state index is 0.0679. The highest BCUT2D eigenvalue weighted by Crippen LogP contribution is 2.16. The quantitative estimate of drug-likeness (QED) is 0.604. The first kappa shape index (κ1) is 8.55. The molecular formula is C11H10N. The van der Waals surface area contributed by atoms with Gasteiger partial charge in [-0.15, -0.1) is 6.58 Å². The van der Waals surface area contributed by atoms with E-state index < -0.39 is 0 Å². The van der Waals surface area contributed by atoms with Crippen molar-refractivity contribution in [3.8, 4) is 6.07 Å². The third-order valence-corrected chi connectivity index (χ3v) is 1.73. The summed E-state index contributed by atoms with van der Waals surface area (Å²) in [6.07, 6.45) is 1.76. The van der Waals surface area contributed by atoms with Crippen LogP contribution in [0.2, 0.25) is 0 Å². The van der Waals surface area contributed by atoms with Crippen LogP contribution in [0, 0.1) is 18.3 Å². The normalized spacial score (nSPS) is 11.7. The molecule has 1 radical (unpaired) electrons. The smallest absolute Gasteiger partial charge is 0.0991 e. The zero-order valence-electron chi connectivity index (χ0n) is 6.83. The van der Waals surface area contributed by atoms with E-state index in [2.05, 4.69) is 19.6 Å². The van der Waals surface area contributed by atoms with Crippen LogP contribution >= 0.6 is 0 Å². The van der Waals surface area contributed by atoms with Crippen LogP contribution in [0.5, 0.6) is 0 Å². The molecule has 0 N–H and O–H groups in total. The molecule has 0 spiro atoms. The van der Waals surface area contributed by atoms with Crippen molar-refractivity contribution in [3.05, 3.63) is 55.0 Å². The van der Waals surface area contributed by atoms with Gasteiger partial charge in [-0.25, -0.2) is 0 Å². The third kappa shape index (κ3) is 1.73. The molecule has 0 saturated heterocycles. The maximum absolute atomic E-state index is 8.62. The van der Waals surface area contributed by atoms with Gasteiger partial charge >= 0.3 is 0 Å². The van der Waals surface area contributed by atoms with Gasteiger partial charge in [0.1, 0.15) is 0 Å². The Balaban J connectivity index is 3.03. The molecule has 0 aromatic heterocycles. The molecule has 0 aliphatic heterocycles. The molecule has 1 atom stereocenters. The summed E-state index contributed by atoms with van der Waals surface area (Å²) in [7, 11) is 0. The number of benzene rings is 1. The van der Waals surface area contributed by atoms with Gasteiger partial charge in [0.2, 0.25) is 0 Å². The van der Waals surface area contributed by atoms with E-state index >= 15 is 0 Å². The second-order valence-electron chi connectivity index (χ2n) is 2.58. The zero-order chi connectivity index (χ0) is 8.97. The molecule has 0 heterocycles. The molecular weight excluding hydrogens is 146 g/mol. The molecule has 1 rings (SSSR count). The number of hydrogen-bond acceptors (Lipinski definition) is 1. The van der Waals surface area contributed by atoms with E-state index in [1.807, 2.05) is 18.2 Å². The van der Waals surface area contributed by atoms with Crippen LogP contribution in [-0.4, -0.2) is 0 Å². The Kier molecular flexibility index (Phi) is 2.66. The van der Waals surface area contributed by atoms with E-state index in [-0.39, 0.29) is 5.92 Å². The summed E-state index contributed by atoms with van der Waals surface area (Å²) in [5, 5.41) is 8.62. The van der Waals surface area contributed by atoms with Gasteiger partial charge in [-0.2, -0.15) is 5.26 Å². The van der Waals surface area contributed by atoms with E-state index in [9.17, 15) is 0 Å². The summed E-state index contributed by atoms with van der Waals surface area (Å²) < 4.78 is 0. The molecule has 0 bridgehead atoms. The zero-order valence-corrected chi connectivity index (χ0v) is 6.83. The van der Waals surface area contributed by atoms with Gasteiger partial charge in [-0.1, -0.05) is 18.2 Å². The molecule has 1 aromatic carbocycles. The summed E-state index contributed by atoms with van der Waals surface area (Å²) >= 11 is 0. The standard InChI is InChI=1S/C11H10N/c1-3-9(2)11-6-4-5-10(7-11)8-12/h3-7,9H,1-2H2. The topological polar surface area (TPSA) is 23.8 Å². The molecule has 0 fully saturated rings. The minimum Gasteiger partial charge on any atom is -0.192 e. The number of nitriles is 1. The van der Waals surface area contributed by atoms with E-state index in [1.165, 1.54) is 0 Å². The van der Waals surface area contributed by atoms with E-state index in [0.717, 1.165) is 5.56 Å². The maximum atomic E-state index is 8.62. The Hall–Kier alpha value is -1.55. The van der Waals surface area contributed by atoms with Gasteiger partial charge in [-0.3, -0.25) is 0 Å². The second kappa shape index (κ2) is 3.73. The van der Waals surface area contributed by atoms with Crippen molar-refractivity contribution in [3.63, 3.8) is 0 Å². The Morgan fingerprint density at radius 3 is 2.83 bits per heavy atom. The van der Waals surface area contributed by atoms with E-state index in [4.69, 9.17) is 5.26 Å². The van der Waals surface area contributed by atoms with Crippen molar-refractivity contribution in [1.29, 1.82) is 5.26 Å². The summed E-state index contributed by atoms with van der Waals surface area (Å²) in [4.78, 5) is 0.